The van der Waals surface area contributed by atoms with Gasteiger partial charge in [-0.05, 0) is 42.1 Å². The van der Waals surface area contributed by atoms with Crippen molar-refractivity contribution in [3.05, 3.63) is 50.9 Å². The molecule has 1 heterocycles. The number of carbonyl (C=O) groups excluding carboxylic acids is 2. The van der Waals surface area contributed by atoms with Crippen LogP contribution in [0.4, 0.5) is 10.1 Å². The third-order valence-corrected chi connectivity index (χ3v) is 3.91. The van der Waals surface area contributed by atoms with Gasteiger partial charge in [0.2, 0.25) is 0 Å². The number of anilines is 1. The van der Waals surface area contributed by atoms with E-state index in [4.69, 9.17) is 16.3 Å². The minimum Gasteiger partial charge on any atom is -0.451 e. The number of hydrogen-bond acceptors (Lipinski definition) is 4. The van der Waals surface area contributed by atoms with Gasteiger partial charge in [0.05, 0.1) is 10.7 Å². The molecular formula is C14H11ClFNO3S. The van der Waals surface area contributed by atoms with Gasteiger partial charge in [-0.15, -0.1) is 11.3 Å². The van der Waals surface area contributed by atoms with Crippen LogP contribution in [0.5, 0.6) is 0 Å². The summed E-state index contributed by atoms with van der Waals surface area (Å²) < 4.78 is 17.9. The van der Waals surface area contributed by atoms with Gasteiger partial charge in [-0.1, -0.05) is 11.6 Å². The Bertz CT molecular complexity index is 687. The van der Waals surface area contributed by atoms with Crippen molar-refractivity contribution in [1.29, 1.82) is 0 Å². The van der Waals surface area contributed by atoms with E-state index in [1.807, 2.05) is 0 Å². The molecule has 0 aliphatic heterocycles. The molecule has 1 aromatic carbocycles. The lowest BCUT2D eigenvalue weighted by Gasteiger charge is -2.08. The lowest BCUT2D eigenvalue weighted by molar-refractivity contribution is -0.119. The molecule has 0 unspecified atom stereocenters. The molecule has 2 rings (SSSR count). The van der Waals surface area contributed by atoms with Crippen LogP contribution in [0.3, 0.4) is 0 Å². The quantitative estimate of drug-likeness (QED) is 0.872. The molecule has 0 saturated heterocycles. The predicted molar refractivity (Wildman–Crippen MR) is 79.4 cm³/mol. The lowest BCUT2D eigenvalue weighted by atomic mass is 10.3. The monoisotopic (exact) mass is 327 g/mol. The lowest BCUT2D eigenvalue weighted by Crippen LogP contribution is -2.21. The van der Waals surface area contributed by atoms with Crippen molar-refractivity contribution in [1.82, 2.24) is 0 Å². The molecule has 0 bridgehead atoms. The van der Waals surface area contributed by atoms with Gasteiger partial charge in [-0.2, -0.15) is 0 Å². The molecule has 0 aliphatic carbocycles. The number of thiophene rings is 1. The minimum absolute atomic E-state index is 0.130. The van der Waals surface area contributed by atoms with Crippen LogP contribution in [0.2, 0.25) is 5.02 Å². The largest absolute Gasteiger partial charge is 0.451 e. The Morgan fingerprint density at radius 3 is 2.81 bits per heavy atom. The second-order valence-electron chi connectivity index (χ2n) is 4.18. The molecule has 0 fully saturated rings. The summed E-state index contributed by atoms with van der Waals surface area (Å²) >= 11 is 7.06. The molecule has 0 radical (unpaired) electrons. The molecule has 21 heavy (non-hydrogen) atoms. The van der Waals surface area contributed by atoms with Crippen molar-refractivity contribution in [3.8, 4) is 0 Å². The van der Waals surface area contributed by atoms with Crippen molar-refractivity contribution >= 4 is 40.5 Å². The number of ether oxygens (including phenoxy) is 1. The van der Waals surface area contributed by atoms with Gasteiger partial charge in [-0.3, -0.25) is 4.79 Å². The number of nitrogens with one attached hydrogen (secondary N) is 1. The van der Waals surface area contributed by atoms with Gasteiger partial charge >= 0.3 is 5.97 Å². The fourth-order valence-corrected chi connectivity index (χ4v) is 2.54. The minimum atomic E-state index is -0.593. The van der Waals surface area contributed by atoms with Gasteiger partial charge in [-0.25, -0.2) is 9.18 Å². The average Bonchev–Trinajstić information content (AvgIpc) is 2.86. The van der Waals surface area contributed by atoms with Gasteiger partial charge < -0.3 is 10.1 Å². The van der Waals surface area contributed by atoms with E-state index < -0.39 is 24.3 Å². The van der Waals surface area contributed by atoms with Crippen molar-refractivity contribution < 1.29 is 18.7 Å². The summed E-state index contributed by atoms with van der Waals surface area (Å²) in [4.78, 5) is 23.8. The molecule has 0 atom stereocenters. The Kier molecular flexibility index (Phi) is 4.93. The zero-order valence-electron chi connectivity index (χ0n) is 11.0. The first-order chi connectivity index (χ1) is 9.97. The number of rotatable bonds is 4. The number of aryl methyl sites for hydroxylation is 1. The van der Waals surface area contributed by atoms with E-state index in [2.05, 4.69) is 5.32 Å². The first kappa shape index (κ1) is 15.5. The zero-order valence-corrected chi connectivity index (χ0v) is 12.6. The summed E-state index contributed by atoms with van der Waals surface area (Å²) in [7, 11) is 0. The SMILES string of the molecule is Cc1ccsc1C(=O)OCC(=O)Nc1cc(F)ccc1Cl. The van der Waals surface area contributed by atoms with Crippen molar-refractivity contribution in [3.63, 3.8) is 0 Å². The molecule has 0 aliphatic rings. The van der Waals surface area contributed by atoms with Gasteiger partial charge in [0.25, 0.3) is 5.91 Å². The summed E-state index contributed by atoms with van der Waals surface area (Å²) in [5, 5.41) is 4.34. The summed E-state index contributed by atoms with van der Waals surface area (Å²) in [5.74, 6) is -1.69. The van der Waals surface area contributed by atoms with Gasteiger partial charge in [0.15, 0.2) is 6.61 Å². The Labute approximate surface area is 129 Å². The third kappa shape index (κ3) is 4.03. The molecule has 1 amide bonds. The van der Waals surface area contributed by atoms with E-state index in [0.717, 1.165) is 11.6 Å². The van der Waals surface area contributed by atoms with Crippen LogP contribution in [0, 0.1) is 12.7 Å². The summed E-state index contributed by atoms with van der Waals surface area (Å²) in [6, 6.07) is 5.38. The molecule has 2 aromatic rings. The summed E-state index contributed by atoms with van der Waals surface area (Å²) in [5.41, 5.74) is 0.920. The van der Waals surface area contributed by atoms with Crippen LogP contribution >= 0.6 is 22.9 Å². The van der Waals surface area contributed by atoms with E-state index in [0.29, 0.717) is 4.88 Å². The highest BCUT2D eigenvalue weighted by Crippen LogP contribution is 2.22. The van der Waals surface area contributed by atoms with Crippen LogP contribution in [-0.2, 0) is 9.53 Å². The van der Waals surface area contributed by atoms with Crippen LogP contribution in [0.15, 0.2) is 29.6 Å². The highest BCUT2D eigenvalue weighted by Gasteiger charge is 2.14. The number of carbonyl (C=O) groups is 2. The number of esters is 1. The maximum Gasteiger partial charge on any atom is 0.349 e. The summed E-state index contributed by atoms with van der Waals surface area (Å²) in [6.07, 6.45) is 0. The van der Waals surface area contributed by atoms with Crippen molar-refractivity contribution in [2.75, 3.05) is 11.9 Å². The molecule has 7 heteroatoms. The maximum absolute atomic E-state index is 13.0. The first-order valence-electron chi connectivity index (χ1n) is 5.93. The van der Waals surface area contributed by atoms with Gasteiger partial charge in [0, 0.05) is 0 Å². The maximum atomic E-state index is 13.0. The second kappa shape index (κ2) is 6.69. The second-order valence-corrected chi connectivity index (χ2v) is 5.50. The topological polar surface area (TPSA) is 55.4 Å². The van der Waals surface area contributed by atoms with E-state index >= 15 is 0 Å². The number of amides is 1. The molecular weight excluding hydrogens is 317 g/mol. The number of hydrogen-bond donors (Lipinski definition) is 1. The molecule has 4 nitrogen and oxygen atoms in total. The van der Waals surface area contributed by atoms with Gasteiger partial charge in [0.1, 0.15) is 10.7 Å². The van der Waals surface area contributed by atoms with Crippen molar-refractivity contribution in [2.45, 2.75) is 6.92 Å². The van der Waals surface area contributed by atoms with E-state index in [-0.39, 0.29) is 10.7 Å². The van der Waals surface area contributed by atoms with Crippen LogP contribution in [0.1, 0.15) is 15.2 Å². The highest BCUT2D eigenvalue weighted by atomic mass is 35.5. The zero-order chi connectivity index (χ0) is 15.4. The molecule has 110 valence electrons. The predicted octanol–water partition coefficient (Wildman–Crippen LogP) is 3.64. The van der Waals surface area contributed by atoms with Crippen LogP contribution in [0.25, 0.3) is 0 Å². The Morgan fingerprint density at radius 1 is 1.38 bits per heavy atom. The Morgan fingerprint density at radius 2 is 2.14 bits per heavy atom. The highest BCUT2D eigenvalue weighted by molar-refractivity contribution is 7.12. The normalized spacial score (nSPS) is 10.2. The van der Waals surface area contributed by atoms with Crippen LogP contribution < -0.4 is 5.32 Å². The standard InChI is InChI=1S/C14H11ClFNO3S/c1-8-4-5-21-13(8)14(19)20-7-12(18)17-11-6-9(16)2-3-10(11)15/h2-6H,7H2,1H3,(H,17,18). The summed E-state index contributed by atoms with van der Waals surface area (Å²) in [6.45, 7) is 1.31. The number of halogens is 2. The molecule has 0 spiro atoms. The molecule has 1 aromatic heterocycles. The average molecular weight is 328 g/mol. The fraction of sp³-hybridized carbons (Fsp3) is 0.143. The van der Waals surface area contributed by atoms with E-state index in [1.54, 1.807) is 18.4 Å². The molecule has 1 N–H and O–H groups in total. The fourth-order valence-electron chi connectivity index (χ4n) is 1.56. The van der Waals surface area contributed by atoms with Crippen LogP contribution in [-0.4, -0.2) is 18.5 Å². The number of benzene rings is 1. The Hall–Kier alpha value is -1.92. The van der Waals surface area contributed by atoms with E-state index in [9.17, 15) is 14.0 Å². The smallest absolute Gasteiger partial charge is 0.349 e. The van der Waals surface area contributed by atoms with E-state index in [1.165, 1.54) is 23.5 Å². The third-order valence-electron chi connectivity index (χ3n) is 2.58. The molecule has 0 saturated carbocycles. The van der Waals surface area contributed by atoms with Crippen molar-refractivity contribution in [2.24, 2.45) is 0 Å². The Balaban J connectivity index is 1.92. The first-order valence-corrected chi connectivity index (χ1v) is 7.19.